The standard InChI is InChI=1S/C23H23FO3/c1-12-8-19-14-4-5-15(9-14)20(19)11-18(12)13(2)22(24)17-7-6-16(23(25)26)10-21(17)27-3/h6-8,10-11,14-15H,4-5,9H2,1-3H3,(H,25,26)/b22-13+. The molecule has 1 N–H and O–H groups in total. The third kappa shape index (κ3) is 2.84. The van der Waals surface area contributed by atoms with Crippen LogP contribution in [-0.2, 0) is 0 Å². The number of methoxy groups -OCH3 is 1. The molecule has 0 aromatic heterocycles. The van der Waals surface area contributed by atoms with Crippen LogP contribution in [0.2, 0.25) is 0 Å². The van der Waals surface area contributed by atoms with E-state index in [-0.39, 0.29) is 22.7 Å². The van der Waals surface area contributed by atoms with Crippen molar-refractivity contribution in [2.75, 3.05) is 7.11 Å². The highest BCUT2D eigenvalue weighted by Crippen LogP contribution is 2.54. The molecule has 140 valence electrons. The number of halogens is 1. The Bertz CT molecular complexity index is 974. The summed E-state index contributed by atoms with van der Waals surface area (Å²) in [5.41, 5.74) is 5.74. The summed E-state index contributed by atoms with van der Waals surface area (Å²) in [5.74, 6) is 0.0743. The van der Waals surface area contributed by atoms with Crippen LogP contribution in [-0.4, -0.2) is 18.2 Å². The fraction of sp³-hybridized carbons (Fsp3) is 0.348. The number of carboxylic acids is 1. The number of allylic oxidation sites excluding steroid dienone is 1. The Kier molecular flexibility index (Phi) is 4.29. The lowest BCUT2D eigenvalue weighted by Gasteiger charge is -2.19. The first kappa shape index (κ1) is 17.8. The molecule has 4 heteroatoms. The van der Waals surface area contributed by atoms with Crippen LogP contribution in [0.3, 0.4) is 0 Å². The lowest BCUT2D eigenvalue weighted by atomic mass is 9.86. The predicted molar refractivity (Wildman–Crippen MR) is 104 cm³/mol. The highest BCUT2D eigenvalue weighted by Gasteiger charge is 2.37. The molecule has 2 aliphatic carbocycles. The van der Waals surface area contributed by atoms with Crippen LogP contribution >= 0.6 is 0 Å². The second-order valence-electron chi connectivity index (χ2n) is 7.66. The van der Waals surface area contributed by atoms with Crippen molar-refractivity contribution in [3.05, 3.63) is 63.7 Å². The number of hydrogen-bond acceptors (Lipinski definition) is 2. The zero-order chi connectivity index (χ0) is 19.3. The van der Waals surface area contributed by atoms with E-state index in [4.69, 9.17) is 9.84 Å². The maximum atomic E-state index is 15.4. The SMILES string of the molecule is COc1cc(C(=O)O)ccc1/C(F)=C(/C)c1cc2c(cc1C)C1CCC2C1. The van der Waals surface area contributed by atoms with E-state index in [1.807, 2.05) is 6.92 Å². The van der Waals surface area contributed by atoms with Gasteiger partial charge in [0.1, 0.15) is 11.6 Å². The molecule has 1 fully saturated rings. The number of aromatic carboxylic acids is 1. The van der Waals surface area contributed by atoms with Crippen molar-refractivity contribution >= 4 is 17.4 Å². The minimum atomic E-state index is -1.06. The molecular formula is C23H23FO3. The Morgan fingerprint density at radius 2 is 1.78 bits per heavy atom. The van der Waals surface area contributed by atoms with Crippen LogP contribution in [0.5, 0.6) is 5.75 Å². The molecule has 2 aromatic rings. The Morgan fingerprint density at radius 1 is 1.11 bits per heavy atom. The molecule has 2 atom stereocenters. The van der Waals surface area contributed by atoms with Gasteiger partial charge in [-0.3, -0.25) is 0 Å². The van der Waals surface area contributed by atoms with Gasteiger partial charge in [0.15, 0.2) is 0 Å². The van der Waals surface area contributed by atoms with Crippen molar-refractivity contribution in [3.63, 3.8) is 0 Å². The maximum absolute atomic E-state index is 15.4. The van der Waals surface area contributed by atoms with E-state index < -0.39 is 5.97 Å². The predicted octanol–water partition coefficient (Wildman–Crippen LogP) is 5.92. The summed E-state index contributed by atoms with van der Waals surface area (Å²) in [6.07, 6.45) is 3.73. The van der Waals surface area contributed by atoms with Gasteiger partial charge in [0, 0.05) is 0 Å². The van der Waals surface area contributed by atoms with Gasteiger partial charge in [0.05, 0.1) is 18.2 Å². The largest absolute Gasteiger partial charge is 0.496 e. The van der Waals surface area contributed by atoms with Gasteiger partial charge in [-0.05, 0) is 91.0 Å². The van der Waals surface area contributed by atoms with Gasteiger partial charge in [-0.15, -0.1) is 0 Å². The Morgan fingerprint density at radius 3 is 2.41 bits per heavy atom. The molecule has 4 rings (SSSR count). The van der Waals surface area contributed by atoms with Crippen LogP contribution in [0.1, 0.15) is 76.2 Å². The minimum Gasteiger partial charge on any atom is -0.496 e. The number of hydrogen-bond donors (Lipinski definition) is 1. The van der Waals surface area contributed by atoms with Gasteiger partial charge in [0.25, 0.3) is 0 Å². The molecule has 0 saturated heterocycles. The summed E-state index contributed by atoms with van der Waals surface area (Å²) < 4.78 is 20.6. The number of fused-ring (bicyclic) bond motifs is 5. The first-order valence-corrected chi connectivity index (χ1v) is 9.33. The molecule has 0 heterocycles. The second-order valence-corrected chi connectivity index (χ2v) is 7.66. The van der Waals surface area contributed by atoms with Gasteiger partial charge in [-0.1, -0.05) is 12.1 Å². The van der Waals surface area contributed by atoms with E-state index in [2.05, 4.69) is 12.1 Å². The summed E-state index contributed by atoms with van der Waals surface area (Å²) in [6, 6.07) is 8.64. The number of carboxylic acid groups (broad SMARTS) is 1. The Labute approximate surface area is 158 Å². The van der Waals surface area contributed by atoms with E-state index >= 15 is 4.39 Å². The highest BCUT2D eigenvalue weighted by molar-refractivity contribution is 5.92. The fourth-order valence-electron chi connectivity index (χ4n) is 4.73. The highest BCUT2D eigenvalue weighted by atomic mass is 19.1. The first-order chi connectivity index (χ1) is 12.9. The Balaban J connectivity index is 1.80. The van der Waals surface area contributed by atoms with Crippen LogP contribution < -0.4 is 4.74 Å². The molecule has 2 aliphatic rings. The number of rotatable bonds is 4. The van der Waals surface area contributed by atoms with Crippen molar-refractivity contribution in [1.29, 1.82) is 0 Å². The lowest BCUT2D eigenvalue weighted by molar-refractivity contribution is 0.0696. The van der Waals surface area contributed by atoms with Gasteiger partial charge in [-0.2, -0.15) is 0 Å². The van der Waals surface area contributed by atoms with Crippen molar-refractivity contribution in [2.24, 2.45) is 0 Å². The number of ether oxygens (including phenoxy) is 1. The van der Waals surface area contributed by atoms with Crippen LogP contribution in [0.4, 0.5) is 4.39 Å². The first-order valence-electron chi connectivity index (χ1n) is 9.33. The smallest absolute Gasteiger partial charge is 0.335 e. The van der Waals surface area contributed by atoms with Crippen molar-refractivity contribution < 1.29 is 19.0 Å². The number of benzene rings is 2. The average molecular weight is 366 g/mol. The van der Waals surface area contributed by atoms with Crippen LogP contribution in [0, 0.1) is 6.92 Å². The van der Waals surface area contributed by atoms with E-state index in [9.17, 15) is 4.79 Å². The molecule has 27 heavy (non-hydrogen) atoms. The monoisotopic (exact) mass is 366 g/mol. The van der Waals surface area contributed by atoms with Crippen molar-refractivity contribution in [2.45, 2.75) is 44.9 Å². The normalized spacial score (nSPS) is 21.0. The van der Waals surface area contributed by atoms with Gasteiger partial charge in [0.2, 0.25) is 0 Å². The van der Waals surface area contributed by atoms with E-state index in [1.54, 1.807) is 6.92 Å². The fourth-order valence-corrected chi connectivity index (χ4v) is 4.73. The minimum absolute atomic E-state index is 0.0748. The molecule has 2 aromatic carbocycles. The summed E-state index contributed by atoms with van der Waals surface area (Å²) in [4.78, 5) is 11.2. The molecule has 1 saturated carbocycles. The third-order valence-corrected chi connectivity index (χ3v) is 6.16. The van der Waals surface area contributed by atoms with E-state index in [0.717, 1.165) is 11.1 Å². The van der Waals surface area contributed by atoms with Crippen LogP contribution in [0.15, 0.2) is 30.3 Å². The molecular weight excluding hydrogens is 343 g/mol. The summed E-state index contributed by atoms with van der Waals surface area (Å²) in [5, 5.41) is 9.14. The van der Waals surface area contributed by atoms with Gasteiger partial charge < -0.3 is 9.84 Å². The quantitative estimate of drug-likeness (QED) is 0.683. The molecule has 3 nitrogen and oxygen atoms in total. The Hall–Kier alpha value is -2.62. The van der Waals surface area contributed by atoms with Crippen molar-refractivity contribution in [3.8, 4) is 5.75 Å². The number of carbonyl (C=O) groups is 1. The average Bonchev–Trinajstić information content (AvgIpc) is 3.27. The van der Waals surface area contributed by atoms with E-state index in [0.29, 0.717) is 17.4 Å². The summed E-state index contributed by atoms with van der Waals surface area (Å²) >= 11 is 0. The maximum Gasteiger partial charge on any atom is 0.335 e. The second kappa shape index (κ2) is 6.52. The zero-order valence-electron chi connectivity index (χ0n) is 15.8. The summed E-state index contributed by atoms with van der Waals surface area (Å²) in [6.45, 7) is 3.81. The molecule has 2 unspecified atom stereocenters. The lowest BCUT2D eigenvalue weighted by Crippen LogP contribution is -2.02. The third-order valence-electron chi connectivity index (χ3n) is 6.16. The zero-order valence-corrected chi connectivity index (χ0v) is 15.8. The van der Waals surface area contributed by atoms with Crippen LogP contribution in [0.25, 0.3) is 11.4 Å². The van der Waals surface area contributed by atoms with Crippen molar-refractivity contribution in [1.82, 2.24) is 0 Å². The number of aryl methyl sites for hydroxylation is 1. The molecule has 2 bridgehead atoms. The summed E-state index contributed by atoms with van der Waals surface area (Å²) in [7, 11) is 1.42. The van der Waals surface area contributed by atoms with Gasteiger partial charge in [-0.25, -0.2) is 9.18 Å². The molecule has 0 radical (unpaired) electrons. The molecule has 0 amide bonds. The van der Waals surface area contributed by atoms with E-state index in [1.165, 1.54) is 55.7 Å². The van der Waals surface area contributed by atoms with Gasteiger partial charge >= 0.3 is 5.97 Å². The molecule has 0 spiro atoms. The topological polar surface area (TPSA) is 46.5 Å². The molecule has 0 aliphatic heterocycles.